The van der Waals surface area contributed by atoms with Gasteiger partial charge >= 0.3 is 5.97 Å². The Morgan fingerprint density at radius 3 is 2.35 bits per heavy atom. The fraction of sp³-hybridized carbons (Fsp3) is 0.786. The van der Waals surface area contributed by atoms with E-state index < -0.39 is 5.97 Å². The van der Waals surface area contributed by atoms with Gasteiger partial charge in [-0.05, 0) is 32.1 Å². The number of rotatable bonds is 6. The smallest absolute Gasteiger partial charge is 0.309 e. The quantitative estimate of drug-likeness (QED) is 0.638. The minimum Gasteiger partial charge on any atom is -0.550 e. The van der Waals surface area contributed by atoms with E-state index >= 15 is 0 Å². The van der Waals surface area contributed by atoms with Crippen LogP contribution in [0, 0.1) is 11.8 Å². The SMILES string of the molecule is CCOC(=O)C1CCN(C(=O)C[C@@H](C)CC(=O)[O-])CC1. The van der Waals surface area contributed by atoms with Crippen LogP contribution in [0.5, 0.6) is 0 Å². The Morgan fingerprint density at radius 1 is 1.25 bits per heavy atom. The normalized spacial score (nSPS) is 17.6. The van der Waals surface area contributed by atoms with Gasteiger partial charge in [0.15, 0.2) is 0 Å². The second-order valence-electron chi connectivity index (χ2n) is 5.29. The van der Waals surface area contributed by atoms with E-state index in [0.29, 0.717) is 32.5 Å². The van der Waals surface area contributed by atoms with Crippen LogP contribution in [-0.4, -0.2) is 42.4 Å². The molecule has 1 rings (SSSR count). The van der Waals surface area contributed by atoms with Crippen LogP contribution in [0.1, 0.15) is 39.5 Å². The summed E-state index contributed by atoms with van der Waals surface area (Å²) < 4.78 is 4.97. The first-order chi connectivity index (χ1) is 9.43. The number of esters is 1. The van der Waals surface area contributed by atoms with Gasteiger partial charge in [-0.2, -0.15) is 0 Å². The molecule has 0 unspecified atom stereocenters. The van der Waals surface area contributed by atoms with Gasteiger partial charge in [-0.3, -0.25) is 9.59 Å². The molecule has 6 nitrogen and oxygen atoms in total. The predicted molar refractivity (Wildman–Crippen MR) is 69.3 cm³/mol. The Labute approximate surface area is 119 Å². The fourth-order valence-electron chi connectivity index (χ4n) is 2.41. The first kappa shape index (κ1) is 16.5. The fourth-order valence-corrected chi connectivity index (χ4v) is 2.41. The number of nitrogens with zero attached hydrogens (tertiary/aromatic N) is 1. The van der Waals surface area contributed by atoms with Crippen LogP contribution in [0.25, 0.3) is 0 Å². The number of hydrogen-bond donors (Lipinski definition) is 0. The van der Waals surface area contributed by atoms with Crippen molar-refractivity contribution in [3.63, 3.8) is 0 Å². The van der Waals surface area contributed by atoms with E-state index in [0.717, 1.165) is 0 Å². The molecule has 0 aromatic carbocycles. The molecular weight excluding hydrogens is 262 g/mol. The summed E-state index contributed by atoms with van der Waals surface area (Å²) in [6.07, 6.45) is 1.32. The highest BCUT2D eigenvalue weighted by Crippen LogP contribution is 2.20. The first-order valence-electron chi connectivity index (χ1n) is 7.08. The Balaban J connectivity index is 2.35. The van der Waals surface area contributed by atoms with E-state index in [9.17, 15) is 19.5 Å². The third-order valence-electron chi connectivity index (χ3n) is 3.51. The molecule has 0 N–H and O–H groups in total. The van der Waals surface area contributed by atoms with Crippen molar-refractivity contribution in [3.8, 4) is 0 Å². The molecule has 1 heterocycles. The lowest BCUT2D eigenvalue weighted by atomic mass is 9.96. The monoisotopic (exact) mass is 284 g/mol. The number of carbonyl (C=O) groups excluding carboxylic acids is 3. The first-order valence-corrected chi connectivity index (χ1v) is 7.08. The molecular formula is C14H22NO5-. The molecule has 1 aliphatic rings. The van der Waals surface area contributed by atoms with E-state index in [1.807, 2.05) is 0 Å². The summed E-state index contributed by atoms with van der Waals surface area (Å²) in [7, 11) is 0. The average Bonchev–Trinajstić information content (AvgIpc) is 2.38. The zero-order chi connectivity index (χ0) is 15.1. The summed E-state index contributed by atoms with van der Waals surface area (Å²) in [6.45, 7) is 4.92. The molecule has 1 atom stereocenters. The third kappa shape index (κ3) is 5.19. The minimum atomic E-state index is -1.13. The van der Waals surface area contributed by atoms with E-state index in [2.05, 4.69) is 0 Å². The highest BCUT2D eigenvalue weighted by Gasteiger charge is 2.28. The zero-order valence-electron chi connectivity index (χ0n) is 12.1. The van der Waals surface area contributed by atoms with Crippen LogP contribution in [0.15, 0.2) is 0 Å². The van der Waals surface area contributed by atoms with E-state index in [-0.39, 0.29) is 36.6 Å². The van der Waals surface area contributed by atoms with Crippen molar-refractivity contribution in [3.05, 3.63) is 0 Å². The van der Waals surface area contributed by atoms with Crippen LogP contribution in [0.2, 0.25) is 0 Å². The van der Waals surface area contributed by atoms with Crippen molar-refractivity contribution >= 4 is 17.8 Å². The highest BCUT2D eigenvalue weighted by molar-refractivity contribution is 5.78. The van der Waals surface area contributed by atoms with E-state index in [1.165, 1.54) is 0 Å². The number of likely N-dealkylation sites (tertiary alicyclic amines) is 1. The molecule has 6 heteroatoms. The molecule has 1 amide bonds. The molecule has 1 aliphatic heterocycles. The van der Waals surface area contributed by atoms with E-state index in [4.69, 9.17) is 4.74 Å². The summed E-state index contributed by atoms with van der Waals surface area (Å²) in [4.78, 5) is 35.7. The summed E-state index contributed by atoms with van der Waals surface area (Å²) in [5.74, 6) is -1.73. The molecule has 0 aromatic heterocycles. The standard InChI is InChI=1S/C14H23NO5/c1-3-20-14(19)11-4-6-15(7-5-11)12(16)8-10(2)9-13(17)18/h10-11H,3-9H2,1-2H3,(H,17,18)/p-1/t10-/m1/s1. The van der Waals surface area contributed by atoms with Gasteiger partial charge in [-0.15, -0.1) is 0 Å². The number of ether oxygens (including phenoxy) is 1. The van der Waals surface area contributed by atoms with Gasteiger partial charge < -0.3 is 19.5 Å². The average molecular weight is 284 g/mol. The van der Waals surface area contributed by atoms with Crippen LogP contribution in [0.3, 0.4) is 0 Å². The van der Waals surface area contributed by atoms with Gasteiger partial charge in [-0.1, -0.05) is 6.92 Å². The summed E-state index contributed by atoms with van der Waals surface area (Å²) in [6, 6.07) is 0. The molecule has 0 saturated carbocycles. The Hall–Kier alpha value is -1.59. The lowest BCUT2D eigenvalue weighted by Gasteiger charge is -2.31. The summed E-state index contributed by atoms with van der Waals surface area (Å²) >= 11 is 0. The Bertz CT molecular complexity index is 361. The lowest BCUT2D eigenvalue weighted by Crippen LogP contribution is -2.41. The van der Waals surface area contributed by atoms with Crippen molar-refractivity contribution < 1.29 is 24.2 Å². The lowest BCUT2D eigenvalue weighted by molar-refractivity contribution is -0.306. The van der Waals surface area contributed by atoms with E-state index in [1.54, 1.807) is 18.7 Å². The summed E-state index contributed by atoms with van der Waals surface area (Å²) in [5, 5.41) is 10.5. The van der Waals surface area contributed by atoms with Crippen LogP contribution >= 0.6 is 0 Å². The van der Waals surface area contributed by atoms with Gasteiger partial charge in [0.2, 0.25) is 5.91 Å². The molecule has 114 valence electrons. The van der Waals surface area contributed by atoms with Crippen molar-refractivity contribution in [1.29, 1.82) is 0 Å². The molecule has 0 aliphatic carbocycles. The van der Waals surface area contributed by atoms with Gasteiger partial charge in [-0.25, -0.2) is 0 Å². The van der Waals surface area contributed by atoms with Gasteiger partial charge in [0.25, 0.3) is 0 Å². The van der Waals surface area contributed by atoms with Crippen molar-refractivity contribution in [2.45, 2.75) is 39.5 Å². The maximum absolute atomic E-state index is 12.0. The molecule has 0 spiro atoms. The second-order valence-corrected chi connectivity index (χ2v) is 5.29. The zero-order valence-corrected chi connectivity index (χ0v) is 12.1. The second kappa shape index (κ2) is 7.87. The number of carbonyl (C=O) groups is 3. The van der Waals surface area contributed by atoms with Crippen molar-refractivity contribution in [2.75, 3.05) is 19.7 Å². The highest BCUT2D eigenvalue weighted by atomic mass is 16.5. The third-order valence-corrected chi connectivity index (χ3v) is 3.51. The van der Waals surface area contributed by atoms with Gasteiger partial charge in [0, 0.05) is 25.5 Å². The largest absolute Gasteiger partial charge is 0.550 e. The Morgan fingerprint density at radius 2 is 1.85 bits per heavy atom. The van der Waals surface area contributed by atoms with Crippen LogP contribution < -0.4 is 5.11 Å². The van der Waals surface area contributed by atoms with Gasteiger partial charge in [0.05, 0.1) is 12.5 Å². The molecule has 1 saturated heterocycles. The Kier molecular flexibility index (Phi) is 6.48. The topological polar surface area (TPSA) is 86.7 Å². The molecule has 1 fully saturated rings. The number of piperidine rings is 1. The van der Waals surface area contributed by atoms with Crippen LogP contribution in [-0.2, 0) is 19.1 Å². The number of carboxylic acid groups (broad SMARTS) is 1. The van der Waals surface area contributed by atoms with Crippen molar-refractivity contribution in [2.24, 2.45) is 11.8 Å². The number of amides is 1. The summed E-state index contributed by atoms with van der Waals surface area (Å²) in [5.41, 5.74) is 0. The maximum atomic E-state index is 12.0. The number of aliphatic carboxylic acids is 1. The molecule has 0 aromatic rings. The minimum absolute atomic E-state index is 0.0546. The number of hydrogen-bond acceptors (Lipinski definition) is 5. The molecule has 20 heavy (non-hydrogen) atoms. The van der Waals surface area contributed by atoms with Gasteiger partial charge in [0.1, 0.15) is 0 Å². The van der Waals surface area contributed by atoms with Crippen molar-refractivity contribution in [1.82, 2.24) is 4.90 Å². The predicted octanol–water partition coefficient (Wildman–Crippen LogP) is -0.0457. The van der Waals surface area contributed by atoms with Crippen LogP contribution in [0.4, 0.5) is 0 Å². The number of carboxylic acids is 1. The molecule has 0 radical (unpaired) electrons. The molecule has 0 bridgehead atoms. The maximum Gasteiger partial charge on any atom is 0.309 e.